The molecule has 0 saturated carbocycles. The van der Waals surface area contributed by atoms with E-state index < -0.39 is 0 Å². The van der Waals surface area contributed by atoms with Gasteiger partial charge in [-0.1, -0.05) is 23.4 Å². The van der Waals surface area contributed by atoms with E-state index in [2.05, 4.69) is 9.97 Å². The van der Waals surface area contributed by atoms with Crippen LogP contribution in [0.15, 0.2) is 29.3 Å². The third-order valence-electron chi connectivity index (χ3n) is 4.15. The molecule has 0 fully saturated rings. The molecule has 0 bridgehead atoms. The molecular formula is C18H15ClN2OS2. The van der Waals surface area contributed by atoms with Crippen molar-refractivity contribution in [3.05, 3.63) is 51.1 Å². The highest BCUT2D eigenvalue weighted by molar-refractivity contribution is 8.00. The number of nitrogens with zero attached hydrogens (tertiary/aromatic N) is 2. The average molecular weight is 375 g/mol. The first-order chi connectivity index (χ1) is 11.6. The first kappa shape index (κ1) is 16.1. The lowest BCUT2D eigenvalue weighted by molar-refractivity contribution is 0.102. The van der Waals surface area contributed by atoms with Crippen LogP contribution in [0.25, 0.3) is 10.2 Å². The summed E-state index contributed by atoms with van der Waals surface area (Å²) in [6, 6.07) is 7.04. The fourth-order valence-corrected chi connectivity index (χ4v) is 5.51. The molecule has 6 heteroatoms. The Hall–Kier alpha value is -1.43. The number of fused-ring (bicyclic) bond motifs is 3. The number of aryl methyl sites for hydroxylation is 3. The number of thiophene rings is 1. The molecule has 0 spiro atoms. The number of hydrogen-bond acceptors (Lipinski definition) is 5. The summed E-state index contributed by atoms with van der Waals surface area (Å²) in [6.45, 7) is 1.91. The third kappa shape index (κ3) is 2.96. The van der Waals surface area contributed by atoms with Gasteiger partial charge in [-0.15, -0.1) is 11.3 Å². The smallest absolute Gasteiger partial charge is 0.173 e. The van der Waals surface area contributed by atoms with E-state index in [1.807, 2.05) is 6.92 Å². The van der Waals surface area contributed by atoms with E-state index in [0.717, 1.165) is 28.5 Å². The van der Waals surface area contributed by atoms with Crippen molar-refractivity contribution in [1.82, 2.24) is 9.97 Å². The van der Waals surface area contributed by atoms with Gasteiger partial charge < -0.3 is 0 Å². The van der Waals surface area contributed by atoms with Crippen molar-refractivity contribution in [3.8, 4) is 0 Å². The van der Waals surface area contributed by atoms with Crippen LogP contribution in [0.3, 0.4) is 0 Å². The van der Waals surface area contributed by atoms with Crippen LogP contribution in [0.1, 0.15) is 33.0 Å². The Morgan fingerprint density at radius 1 is 1.25 bits per heavy atom. The Bertz CT molecular complexity index is 934. The van der Waals surface area contributed by atoms with Crippen LogP contribution in [0.4, 0.5) is 0 Å². The maximum Gasteiger partial charge on any atom is 0.173 e. The molecule has 1 aliphatic rings. The fourth-order valence-electron chi connectivity index (χ4n) is 3.02. The Morgan fingerprint density at radius 2 is 2.04 bits per heavy atom. The first-order valence-corrected chi connectivity index (χ1v) is 10.0. The van der Waals surface area contributed by atoms with Crippen molar-refractivity contribution in [2.45, 2.75) is 31.2 Å². The number of benzene rings is 1. The topological polar surface area (TPSA) is 42.9 Å². The second-order valence-electron chi connectivity index (χ2n) is 5.83. The van der Waals surface area contributed by atoms with Gasteiger partial charge in [-0.3, -0.25) is 4.79 Å². The van der Waals surface area contributed by atoms with Crippen molar-refractivity contribution in [2.24, 2.45) is 0 Å². The first-order valence-electron chi connectivity index (χ1n) is 7.82. The van der Waals surface area contributed by atoms with Crippen molar-refractivity contribution in [2.75, 3.05) is 5.75 Å². The molecule has 2 aromatic heterocycles. The molecule has 0 amide bonds. The molecule has 1 aromatic carbocycles. The zero-order chi connectivity index (χ0) is 16.7. The summed E-state index contributed by atoms with van der Waals surface area (Å²) in [4.78, 5) is 24.1. The number of hydrogen-bond donors (Lipinski definition) is 0. The van der Waals surface area contributed by atoms with E-state index in [0.29, 0.717) is 16.3 Å². The SMILES string of the molecule is Cc1nc(SCC(=O)c2ccc(Cl)cc2)c2c3c(sc2n1)CCC3. The summed E-state index contributed by atoms with van der Waals surface area (Å²) in [7, 11) is 0. The van der Waals surface area contributed by atoms with E-state index in [4.69, 9.17) is 11.6 Å². The number of carbonyl (C=O) groups excluding carboxylic acids is 1. The van der Waals surface area contributed by atoms with Crippen LogP contribution >= 0.6 is 34.7 Å². The molecule has 0 atom stereocenters. The molecule has 24 heavy (non-hydrogen) atoms. The number of halogens is 1. The maximum atomic E-state index is 12.4. The molecule has 4 rings (SSSR count). The fraction of sp³-hybridized carbons (Fsp3) is 0.278. The number of thioether (sulfide) groups is 1. The van der Waals surface area contributed by atoms with Gasteiger partial charge in [0.2, 0.25) is 0 Å². The molecule has 3 aromatic rings. The molecule has 0 aliphatic heterocycles. The number of carbonyl (C=O) groups is 1. The largest absolute Gasteiger partial charge is 0.293 e. The second-order valence-corrected chi connectivity index (χ2v) is 8.32. The molecule has 0 unspecified atom stereocenters. The van der Waals surface area contributed by atoms with Gasteiger partial charge in [0.1, 0.15) is 15.7 Å². The van der Waals surface area contributed by atoms with E-state index in [9.17, 15) is 4.79 Å². The summed E-state index contributed by atoms with van der Waals surface area (Å²) in [5.74, 6) is 1.23. The lowest BCUT2D eigenvalue weighted by Crippen LogP contribution is -2.03. The highest BCUT2D eigenvalue weighted by Gasteiger charge is 2.22. The summed E-state index contributed by atoms with van der Waals surface area (Å²) >= 11 is 9.18. The van der Waals surface area contributed by atoms with Gasteiger partial charge in [-0.25, -0.2) is 9.97 Å². The van der Waals surface area contributed by atoms with Gasteiger partial charge in [-0.05, 0) is 56.0 Å². The normalized spacial score (nSPS) is 13.4. The predicted molar refractivity (Wildman–Crippen MR) is 101 cm³/mol. The number of Topliss-reactive ketones (excluding diaryl/α,β-unsaturated/α-hetero) is 1. The van der Waals surface area contributed by atoms with E-state index in [1.54, 1.807) is 35.6 Å². The lowest BCUT2D eigenvalue weighted by atomic mass is 10.1. The van der Waals surface area contributed by atoms with E-state index in [-0.39, 0.29) is 5.78 Å². The Labute approximate surface area is 153 Å². The zero-order valence-electron chi connectivity index (χ0n) is 13.1. The van der Waals surface area contributed by atoms with Gasteiger partial charge >= 0.3 is 0 Å². The predicted octanol–water partition coefficient (Wildman–Crippen LogP) is 5.12. The Balaban J connectivity index is 1.62. The monoisotopic (exact) mass is 374 g/mol. The Kier molecular flexibility index (Phi) is 4.33. The van der Waals surface area contributed by atoms with Crippen molar-refractivity contribution in [1.29, 1.82) is 0 Å². The van der Waals surface area contributed by atoms with Crippen LogP contribution < -0.4 is 0 Å². The molecule has 2 heterocycles. The van der Waals surface area contributed by atoms with Crippen molar-refractivity contribution in [3.63, 3.8) is 0 Å². The molecular weight excluding hydrogens is 360 g/mol. The van der Waals surface area contributed by atoms with Gasteiger partial charge in [0.05, 0.1) is 5.75 Å². The van der Waals surface area contributed by atoms with Crippen LogP contribution in [0, 0.1) is 6.92 Å². The van der Waals surface area contributed by atoms with Crippen LogP contribution in [0.5, 0.6) is 0 Å². The summed E-state index contributed by atoms with van der Waals surface area (Å²) in [6.07, 6.45) is 3.45. The summed E-state index contributed by atoms with van der Waals surface area (Å²) < 4.78 is 0. The average Bonchev–Trinajstić information content (AvgIpc) is 3.13. The Morgan fingerprint density at radius 3 is 2.83 bits per heavy atom. The summed E-state index contributed by atoms with van der Waals surface area (Å²) in [5.41, 5.74) is 2.08. The number of ketones is 1. The zero-order valence-corrected chi connectivity index (χ0v) is 15.5. The van der Waals surface area contributed by atoms with Gasteiger partial charge in [0, 0.05) is 20.8 Å². The third-order valence-corrected chi connectivity index (χ3v) is 6.56. The standard InChI is InChI=1S/C18H15ClN2OS2/c1-10-20-17(16-13-3-2-4-15(13)24-18(16)21-10)23-9-14(22)11-5-7-12(19)8-6-11/h5-8H,2-4,9H2,1H3. The summed E-state index contributed by atoms with van der Waals surface area (Å²) in [5, 5.41) is 2.76. The number of rotatable bonds is 4. The van der Waals surface area contributed by atoms with Crippen LogP contribution in [-0.4, -0.2) is 21.5 Å². The molecule has 1 aliphatic carbocycles. The van der Waals surface area contributed by atoms with Crippen molar-refractivity contribution >= 4 is 50.7 Å². The minimum atomic E-state index is 0.0907. The molecule has 0 saturated heterocycles. The lowest BCUT2D eigenvalue weighted by Gasteiger charge is -2.05. The quantitative estimate of drug-likeness (QED) is 0.361. The highest BCUT2D eigenvalue weighted by Crippen LogP contribution is 2.40. The number of aromatic nitrogens is 2. The molecule has 0 N–H and O–H groups in total. The second kappa shape index (κ2) is 6.47. The van der Waals surface area contributed by atoms with E-state index >= 15 is 0 Å². The van der Waals surface area contributed by atoms with E-state index in [1.165, 1.54) is 34.0 Å². The minimum absolute atomic E-state index is 0.0907. The molecule has 0 radical (unpaired) electrons. The maximum absolute atomic E-state index is 12.4. The van der Waals surface area contributed by atoms with Crippen LogP contribution in [-0.2, 0) is 12.8 Å². The van der Waals surface area contributed by atoms with Gasteiger partial charge in [-0.2, -0.15) is 0 Å². The van der Waals surface area contributed by atoms with Crippen LogP contribution in [0.2, 0.25) is 5.02 Å². The van der Waals surface area contributed by atoms with Crippen molar-refractivity contribution < 1.29 is 4.79 Å². The molecule has 122 valence electrons. The molecule has 3 nitrogen and oxygen atoms in total. The highest BCUT2D eigenvalue weighted by atomic mass is 35.5. The van der Waals surface area contributed by atoms with Gasteiger partial charge in [0.25, 0.3) is 0 Å². The van der Waals surface area contributed by atoms with Gasteiger partial charge in [0.15, 0.2) is 5.78 Å². The minimum Gasteiger partial charge on any atom is -0.293 e.